The molecule has 3 heteroatoms. The molecule has 1 rings (SSSR count). The molecule has 0 radical (unpaired) electrons. The van der Waals surface area contributed by atoms with Gasteiger partial charge in [-0.3, -0.25) is 0 Å². The van der Waals surface area contributed by atoms with E-state index in [1.807, 2.05) is 0 Å². The van der Waals surface area contributed by atoms with Gasteiger partial charge in [0.05, 0.1) is 0 Å². The van der Waals surface area contributed by atoms with Crippen LogP contribution in [0.4, 0.5) is 8.78 Å². The van der Waals surface area contributed by atoms with Gasteiger partial charge in [0.2, 0.25) is 0 Å². The molecule has 0 spiro atoms. The summed E-state index contributed by atoms with van der Waals surface area (Å²) < 4.78 is 24.3. The Labute approximate surface area is 51.8 Å². The van der Waals surface area contributed by atoms with Crippen LogP contribution in [-0.4, -0.2) is 6.04 Å². The highest BCUT2D eigenvalue weighted by Gasteiger charge is 2.11. The third-order valence-electron chi connectivity index (χ3n) is 1.16. The zero-order valence-electron chi connectivity index (χ0n) is 4.77. The summed E-state index contributed by atoms with van der Waals surface area (Å²) >= 11 is 0. The molecular formula is C6H7F2N. The molecule has 1 aliphatic rings. The second-order valence-electron chi connectivity index (χ2n) is 1.98. The molecule has 0 aromatic rings. The smallest absolute Gasteiger partial charge is 0.154 e. The predicted octanol–water partition coefficient (Wildman–Crippen LogP) is 1.42. The van der Waals surface area contributed by atoms with Crippen LogP contribution in [0.2, 0.25) is 0 Å². The van der Waals surface area contributed by atoms with Gasteiger partial charge in [-0.15, -0.1) is 0 Å². The Hall–Kier alpha value is -0.700. The van der Waals surface area contributed by atoms with Crippen molar-refractivity contribution >= 4 is 0 Å². The first kappa shape index (κ1) is 6.42. The molecule has 1 atom stereocenters. The monoisotopic (exact) mass is 131 g/mol. The van der Waals surface area contributed by atoms with E-state index in [4.69, 9.17) is 5.73 Å². The maximum absolute atomic E-state index is 12.2. The Morgan fingerprint density at radius 1 is 1.56 bits per heavy atom. The van der Waals surface area contributed by atoms with Gasteiger partial charge in [0.25, 0.3) is 0 Å². The van der Waals surface area contributed by atoms with Gasteiger partial charge in [0, 0.05) is 12.5 Å². The van der Waals surface area contributed by atoms with Crippen molar-refractivity contribution in [1.82, 2.24) is 0 Å². The Bertz CT molecular complexity index is 172. The maximum Gasteiger partial charge on any atom is 0.154 e. The van der Waals surface area contributed by atoms with Gasteiger partial charge in [-0.25, -0.2) is 8.78 Å². The average Bonchev–Trinajstić information content (AvgIpc) is 1.80. The Balaban J connectivity index is 2.75. The molecule has 0 aromatic carbocycles. The Morgan fingerprint density at radius 2 is 2.22 bits per heavy atom. The van der Waals surface area contributed by atoms with Crippen molar-refractivity contribution in [2.24, 2.45) is 5.73 Å². The van der Waals surface area contributed by atoms with E-state index in [-0.39, 0.29) is 12.5 Å². The van der Waals surface area contributed by atoms with Crippen molar-refractivity contribution < 1.29 is 8.78 Å². The molecule has 0 heterocycles. The van der Waals surface area contributed by atoms with Crippen LogP contribution < -0.4 is 5.73 Å². The SMILES string of the molecule is NC1C=CC(F)=C(F)C1. The first-order chi connectivity index (χ1) is 4.20. The standard InChI is InChI=1S/C6H7F2N/c7-5-2-1-4(9)3-6(5)8/h1-2,4H,3,9H2. The zero-order chi connectivity index (χ0) is 6.85. The van der Waals surface area contributed by atoms with Crippen LogP contribution in [0.1, 0.15) is 6.42 Å². The normalized spacial score (nSPS) is 27.2. The van der Waals surface area contributed by atoms with Crippen LogP contribution >= 0.6 is 0 Å². The summed E-state index contributed by atoms with van der Waals surface area (Å²) in [5, 5.41) is 0. The van der Waals surface area contributed by atoms with Crippen molar-refractivity contribution in [3.8, 4) is 0 Å². The van der Waals surface area contributed by atoms with E-state index < -0.39 is 11.7 Å². The molecule has 0 saturated carbocycles. The number of hydrogen-bond acceptors (Lipinski definition) is 1. The number of hydrogen-bond donors (Lipinski definition) is 1. The van der Waals surface area contributed by atoms with E-state index in [1.165, 1.54) is 6.08 Å². The minimum atomic E-state index is -0.795. The molecule has 0 saturated heterocycles. The molecule has 1 aliphatic carbocycles. The first-order valence-corrected chi connectivity index (χ1v) is 2.68. The molecule has 0 aromatic heterocycles. The van der Waals surface area contributed by atoms with Crippen molar-refractivity contribution in [3.05, 3.63) is 23.8 Å². The average molecular weight is 131 g/mol. The molecule has 2 N–H and O–H groups in total. The molecule has 1 nitrogen and oxygen atoms in total. The minimum Gasteiger partial charge on any atom is -0.324 e. The maximum atomic E-state index is 12.2. The fraction of sp³-hybridized carbons (Fsp3) is 0.333. The Kier molecular flexibility index (Phi) is 1.62. The van der Waals surface area contributed by atoms with Gasteiger partial charge in [-0.2, -0.15) is 0 Å². The van der Waals surface area contributed by atoms with E-state index >= 15 is 0 Å². The topological polar surface area (TPSA) is 26.0 Å². The fourth-order valence-corrected chi connectivity index (χ4v) is 0.671. The van der Waals surface area contributed by atoms with Crippen LogP contribution in [0, 0.1) is 0 Å². The van der Waals surface area contributed by atoms with Gasteiger partial charge >= 0.3 is 0 Å². The predicted molar refractivity (Wildman–Crippen MR) is 31.0 cm³/mol. The van der Waals surface area contributed by atoms with Gasteiger partial charge in [-0.05, 0) is 6.08 Å². The second-order valence-corrected chi connectivity index (χ2v) is 1.98. The zero-order valence-corrected chi connectivity index (χ0v) is 4.77. The third-order valence-corrected chi connectivity index (χ3v) is 1.16. The minimum absolute atomic E-state index is 0.0116. The van der Waals surface area contributed by atoms with Crippen LogP contribution in [-0.2, 0) is 0 Å². The lowest BCUT2D eigenvalue weighted by Gasteiger charge is -2.08. The quantitative estimate of drug-likeness (QED) is 0.528. The van der Waals surface area contributed by atoms with Crippen LogP contribution in [0.25, 0.3) is 0 Å². The molecule has 0 fully saturated rings. The van der Waals surface area contributed by atoms with Crippen molar-refractivity contribution in [3.63, 3.8) is 0 Å². The fourth-order valence-electron chi connectivity index (χ4n) is 0.671. The summed E-state index contributed by atoms with van der Waals surface area (Å²) in [7, 11) is 0. The molecule has 1 unspecified atom stereocenters. The Morgan fingerprint density at radius 3 is 2.67 bits per heavy atom. The lowest BCUT2D eigenvalue weighted by Crippen LogP contribution is -2.18. The molecule has 50 valence electrons. The first-order valence-electron chi connectivity index (χ1n) is 2.68. The van der Waals surface area contributed by atoms with Crippen molar-refractivity contribution in [2.75, 3.05) is 0 Å². The van der Waals surface area contributed by atoms with Crippen LogP contribution in [0.5, 0.6) is 0 Å². The van der Waals surface area contributed by atoms with E-state index in [0.29, 0.717) is 0 Å². The molecule has 0 amide bonds. The lowest BCUT2D eigenvalue weighted by atomic mass is 10.1. The molecule has 0 bridgehead atoms. The highest BCUT2D eigenvalue weighted by Crippen LogP contribution is 2.19. The molecule has 0 aliphatic heterocycles. The highest BCUT2D eigenvalue weighted by molar-refractivity contribution is 5.22. The summed E-state index contributed by atoms with van der Waals surface area (Å²) in [6.07, 6.45) is 2.49. The molecule has 9 heavy (non-hydrogen) atoms. The summed E-state index contributed by atoms with van der Waals surface area (Å²) in [5.41, 5.74) is 5.26. The second kappa shape index (κ2) is 2.27. The van der Waals surface area contributed by atoms with E-state index in [2.05, 4.69) is 0 Å². The summed E-state index contributed by atoms with van der Waals surface area (Å²) in [6, 6.07) is -0.357. The van der Waals surface area contributed by atoms with Crippen molar-refractivity contribution in [1.29, 1.82) is 0 Å². The van der Waals surface area contributed by atoms with E-state index in [1.54, 1.807) is 0 Å². The number of rotatable bonds is 0. The van der Waals surface area contributed by atoms with Gasteiger partial charge in [0.15, 0.2) is 5.83 Å². The van der Waals surface area contributed by atoms with Gasteiger partial charge in [-0.1, -0.05) is 6.08 Å². The third kappa shape index (κ3) is 1.36. The van der Waals surface area contributed by atoms with Gasteiger partial charge in [0.1, 0.15) is 5.83 Å². The number of nitrogens with two attached hydrogens (primary N) is 1. The summed E-state index contributed by atoms with van der Waals surface area (Å²) in [6.45, 7) is 0. The van der Waals surface area contributed by atoms with Crippen LogP contribution in [0.3, 0.4) is 0 Å². The summed E-state index contributed by atoms with van der Waals surface area (Å²) in [5.74, 6) is -1.54. The van der Waals surface area contributed by atoms with Gasteiger partial charge < -0.3 is 5.73 Å². The van der Waals surface area contributed by atoms with Crippen molar-refractivity contribution in [2.45, 2.75) is 12.5 Å². The number of halogens is 2. The number of allylic oxidation sites excluding steroid dienone is 2. The van der Waals surface area contributed by atoms with E-state index in [9.17, 15) is 8.78 Å². The van der Waals surface area contributed by atoms with E-state index in [0.717, 1.165) is 6.08 Å². The lowest BCUT2D eigenvalue weighted by molar-refractivity contribution is 0.500. The summed E-state index contributed by atoms with van der Waals surface area (Å²) in [4.78, 5) is 0. The highest BCUT2D eigenvalue weighted by atomic mass is 19.2. The largest absolute Gasteiger partial charge is 0.324 e. The van der Waals surface area contributed by atoms with Crippen LogP contribution in [0.15, 0.2) is 23.8 Å². The molecular weight excluding hydrogens is 124 g/mol.